The SMILES string of the molecule is NC(C(=O)NCC(O)CO)c1nonc1C(=NC1CCc2ccc(F)c(F)c21)NO. The third-order valence-corrected chi connectivity index (χ3v) is 4.67. The van der Waals surface area contributed by atoms with Gasteiger partial charge in [-0.3, -0.25) is 20.5 Å². The molecule has 7 N–H and O–H groups in total. The summed E-state index contributed by atoms with van der Waals surface area (Å²) in [6, 6.07) is 0.274. The molecule has 0 saturated carbocycles. The first kappa shape index (κ1) is 21.7. The number of amidine groups is 1. The summed E-state index contributed by atoms with van der Waals surface area (Å²) in [7, 11) is 0. The number of amides is 1. The van der Waals surface area contributed by atoms with Crippen molar-refractivity contribution in [1.82, 2.24) is 21.1 Å². The number of fused-ring (bicyclic) bond motifs is 1. The molecule has 1 aliphatic rings. The number of rotatable bonds is 7. The first-order valence-electron chi connectivity index (χ1n) is 8.97. The average Bonchev–Trinajstić information content (AvgIpc) is 3.39. The molecule has 0 radical (unpaired) electrons. The van der Waals surface area contributed by atoms with E-state index in [9.17, 15) is 23.9 Å². The van der Waals surface area contributed by atoms with E-state index in [4.69, 9.17) is 10.8 Å². The van der Waals surface area contributed by atoms with Crippen molar-refractivity contribution >= 4 is 11.7 Å². The van der Waals surface area contributed by atoms with Crippen molar-refractivity contribution in [1.29, 1.82) is 0 Å². The Bertz CT molecular complexity index is 953. The number of aromatic nitrogens is 2. The summed E-state index contributed by atoms with van der Waals surface area (Å²) in [6.45, 7) is -0.815. The molecule has 2 aromatic rings. The summed E-state index contributed by atoms with van der Waals surface area (Å²) in [5.74, 6) is -3.10. The molecule has 0 aliphatic heterocycles. The number of hydroxylamine groups is 1. The van der Waals surface area contributed by atoms with E-state index in [2.05, 4.69) is 25.3 Å². The zero-order valence-corrected chi connectivity index (χ0v) is 15.5. The lowest BCUT2D eigenvalue weighted by molar-refractivity contribution is -0.123. The molecule has 1 aromatic heterocycles. The molecule has 11 nitrogen and oxygen atoms in total. The van der Waals surface area contributed by atoms with E-state index in [1.165, 1.54) is 6.07 Å². The summed E-state index contributed by atoms with van der Waals surface area (Å²) in [6.07, 6.45) is -0.365. The van der Waals surface area contributed by atoms with E-state index in [0.29, 0.717) is 18.4 Å². The lowest BCUT2D eigenvalue weighted by Crippen LogP contribution is -2.40. The van der Waals surface area contributed by atoms with Crippen molar-refractivity contribution in [3.05, 3.63) is 46.3 Å². The second-order valence-electron chi connectivity index (χ2n) is 6.64. The molecule has 162 valence electrons. The van der Waals surface area contributed by atoms with Gasteiger partial charge in [0.15, 0.2) is 23.2 Å². The number of aryl methyl sites for hydroxylation is 1. The van der Waals surface area contributed by atoms with Gasteiger partial charge in [-0.2, -0.15) is 0 Å². The van der Waals surface area contributed by atoms with Crippen molar-refractivity contribution in [3.8, 4) is 0 Å². The summed E-state index contributed by atoms with van der Waals surface area (Å²) in [5, 5.41) is 37.1. The molecule has 3 rings (SSSR count). The highest BCUT2D eigenvalue weighted by molar-refractivity contribution is 5.98. The molecule has 0 bridgehead atoms. The topological polar surface area (TPSA) is 179 Å². The predicted octanol–water partition coefficient (Wildman–Crippen LogP) is -0.770. The van der Waals surface area contributed by atoms with E-state index in [1.54, 1.807) is 5.48 Å². The van der Waals surface area contributed by atoms with Gasteiger partial charge in [0.05, 0.1) is 18.8 Å². The minimum absolute atomic E-state index is 0.0702. The molecule has 0 saturated heterocycles. The molecule has 30 heavy (non-hydrogen) atoms. The largest absolute Gasteiger partial charge is 0.394 e. The van der Waals surface area contributed by atoms with Crippen LogP contribution >= 0.6 is 0 Å². The Hall–Kier alpha value is -3.00. The number of aliphatic hydroxyl groups excluding tert-OH is 2. The molecular formula is C17H20F2N6O5. The second-order valence-corrected chi connectivity index (χ2v) is 6.64. The van der Waals surface area contributed by atoms with Crippen LogP contribution < -0.4 is 16.5 Å². The maximum atomic E-state index is 14.3. The number of nitrogens with two attached hydrogens (primary N) is 1. The second kappa shape index (κ2) is 9.21. The van der Waals surface area contributed by atoms with Crippen LogP contribution in [-0.4, -0.2) is 56.7 Å². The highest BCUT2D eigenvalue weighted by atomic mass is 19.2. The predicted molar refractivity (Wildman–Crippen MR) is 96.2 cm³/mol. The molecule has 0 fully saturated rings. The summed E-state index contributed by atoms with van der Waals surface area (Å²) >= 11 is 0. The van der Waals surface area contributed by atoms with E-state index >= 15 is 0 Å². The lowest BCUT2D eigenvalue weighted by atomic mass is 10.1. The van der Waals surface area contributed by atoms with E-state index in [1.807, 2.05) is 0 Å². The molecule has 1 amide bonds. The Balaban J connectivity index is 1.86. The molecule has 13 heteroatoms. The number of carbonyl (C=O) groups is 1. The van der Waals surface area contributed by atoms with Gasteiger partial charge in [0.25, 0.3) is 0 Å². The van der Waals surface area contributed by atoms with Crippen LogP contribution in [0.4, 0.5) is 8.78 Å². The summed E-state index contributed by atoms with van der Waals surface area (Å²) < 4.78 is 32.5. The van der Waals surface area contributed by atoms with Crippen LogP contribution in [0.25, 0.3) is 0 Å². The molecule has 0 spiro atoms. The van der Waals surface area contributed by atoms with Gasteiger partial charge in [0.2, 0.25) is 5.91 Å². The van der Waals surface area contributed by atoms with Crippen LogP contribution in [0, 0.1) is 11.6 Å². The highest BCUT2D eigenvalue weighted by Crippen LogP contribution is 2.37. The fourth-order valence-electron chi connectivity index (χ4n) is 3.13. The highest BCUT2D eigenvalue weighted by Gasteiger charge is 2.31. The van der Waals surface area contributed by atoms with Crippen LogP contribution in [0.5, 0.6) is 0 Å². The van der Waals surface area contributed by atoms with Gasteiger partial charge in [0.1, 0.15) is 11.7 Å². The number of hydrogen-bond acceptors (Lipinski definition) is 9. The minimum Gasteiger partial charge on any atom is -0.394 e. The molecule has 1 aromatic carbocycles. The number of halogens is 2. The van der Waals surface area contributed by atoms with Gasteiger partial charge in [-0.25, -0.2) is 13.4 Å². The summed E-state index contributed by atoms with van der Waals surface area (Å²) in [5.41, 5.74) is 7.91. The van der Waals surface area contributed by atoms with E-state index in [0.717, 1.165) is 6.07 Å². The van der Waals surface area contributed by atoms with Gasteiger partial charge >= 0.3 is 0 Å². The molecule has 1 aliphatic carbocycles. The summed E-state index contributed by atoms with van der Waals surface area (Å²) in [4.78, 5) is 16.4. The van der Waals surface area contributed by atoms with Crippen molar-refractivity contribution < 1.29 is 33.6 Å². The van der Waals surface area contributed by atoms with Crippen LogP contribution in [0.2, 0.25) is 0 Å². The van der Waals surface area contributed by atoms with Crippen LogP contribution in [-0.2, 0) is 11.2 Å². The normalized spacial score (nSPS) is 18.1. The van der Waals surface area contributed by atoms with Crippen molar-refractivity contribution in [2.75, 3.05) is 13.2 Å². The zero-order chi connectivity index (χ0) is 21.8. The Morgan fingerprint density at radius 3 is 2.87 bits per heavy atom. The third-order valence-electron chi connectivity index (χ3n) is 4.67. The number of aliphatic imine (C=N–C) groups is 1. The number of hydrogen-bond donors (Lipinski definition) is 6. The smallest absolute Gasteiger partial charge is 0.243 e. The van der Waals surface area contributed by atoms with Gasteiger partial charge in [-0.15, -0.1) is 0 Å². The molecule has 3 atom stereocenters. The molecule has 1 heterocycles. The maximum absolute atomic E-state index is 14.3. The Morgan fingerprint density at radius 1 is 1.40 bits per heavy atom. The van der Waals surface area contributed by atoms with Gasteiger partial charge in [0, 0.05) is 12.1 Å². The third kappa shape index (κ3) is 4.28. The van der Waals surface area contributed by atoms with Gasteiger partial charge in [-0.1, -0.05) is 11.2 Å². The average molecular weight is 426 g/mol. The standard InChI is InChI=1S/C17H20F2N6O5/c18-9-3-1-7-2-4-10(11(7)12(9)19)22-16(23-29)15-14(24-30-25-15)13(20)17(28)21-5-8(27)6-26/h1,3,8,10,13,26-27,29H,2,4-6,20H2,(H,21,28)(H,22,23). The van der Waals surface area contributed by atoms with Crippen LogP contribution in [0.1, 0.15) is 41.0 Å². The fraction of sp³-hybridized carbons (Fsp3) is 0.412. The van der Waals surface area contributed by atoms with Gasteiger partial charge < -0.3 is 21.3 Å². The van der Waals surface area contributed by atoms with E-state index in [-0.39, 0.29) is 29.3 Å². The Kier molecular flexibility index (Phi) is 6.66. The molecule has 3 unspecified atom stereocenters. The van der Waals surface area contributed by atoms with Gasteiger partial charge in [-0.05, 0) is 29.6 Å². The number of benzene rings is 1. The maximum Gasteiger partial charge on any atom is 0.243 e. The number of carbonyl (C=O) groups excluding carboxylic acids is 1. The first-order valence-corrected chi connectivity index (χ1v) is 8.97. The quantitative estimate of drug-likeness (QED) is 0.188. The minimum atomic E-state index is -1.42. The first-order chi connectivity index (χ1) is 14.4. The van der Waals surface area contributed by atoms with Crippen LogP contribution in [0.3, 0.4) is 0 Å². The van der Waals surface area contributed by atoms with Crippen molar-refractivity contribution in [2.45, 2.75) is 31.0 Å². The van der Waals surface area contributed by atoms with E-state index < -0.39 is 42.3 Å². The number of nitrogens with zero attached hydrogens (tertiary/aromatic N) is 3. The monoisotopic (exact) mass is 426 g/mol. The zero-order valence-electron chi connectivity index (χ0n) is 15.5. The van der Waals surface area contributed by atoms with Crippen molar-refractivity contribution in [2.24, 2.45) is 10.7 Å². The number of nitrogens with one attached hydrogen (secondary N) is 2. The van der Waals surface area contributed by atoms with Crippen molar-refractivity contribution in [3.63, 3.8) is 0 Å². The lowest BCUT2D eigenvalue weighted by Gasteiger charge is -2.14. The van der Waals surface area contributed by atoms with Crippen LogP contribution in [0.15, 0.2) is 21.8 Å². The fourth-order valence-corrected chi connectivity index (χ4v) is 3.13. The Morgan fingerprint density at radius 2 is 2.17 bits per heavy atom. The number of aliphatic hydroxyl groups is 2. The molecular weight excluding hydrogens is 406 g/mol. The Labute approximate surface area is 168 Å².